The third-order valence-electron chi connectivity index (χ3n) is 2.78. The minimum absolute atomic E-state index is 0.268. The van der Waals surface area contributed by atoms with Crippen molar-refractivity contribution in [3.8, 4) is 0 Å². The summed E-state index contributed by atoms with van der Waals surface area (Å²) in [5, 5.41) is 0. The molecule has 82 valence electrons. The van der Waals surface area contributed by atoms with Crippen molar-refractivity contribution in [2.24, 2.45) is 10.7 Å². The second kappa shape index (κ2) is 4.17. The molecule has 1 fully saturated rings. The maximum absolute atomic E-state index is 5.76. The predicted molar refractivity (Wildman–Crippen MR) is 60.4 cm³/mol. The minimum Gasteiger partial charge on any atom is -0.370 e. The molecule has 0 spiro atoms. The Hall–Kier alpha value is -0.770. The molecule has 0 aliphatic carbocycles. The molecule has 1 aliphatic heterocycles. The van der Waals surface area contributed by atoms with Gasteiger partial charge >= 0.3 is 0 Å². The van der Waals surface area contributed by atoms with Crippen LogP contribution in [0.1, 0.15) is 20.8 Å². The largest absolute Gasteiger partial charge is 0.370 e. The van der Waals surface area contributed by atoms with Crippen LogP contribution in [0.3, 0.4) is 0 Å². The first-order valence-corrected chi connectivity index (χ1v) is 5.17. The lowest BCUT2D eigenvalue weighted by Crippen LogP contribution is -2.56. The zero-order chi connectivity index (χ0) is 10.8. The smallest absolute Gasteiger partial charge is 0.191 e. The number of hydrogen-bond donors (Lipinski definition) is 1. The lowest BCUT2D eigenvalue weighted by atomic mass is 10.1. The molecule has 0 amide bonds. The highest BCUT2D eigenvalue weighted by atomic mass is 15.3. The van der Waals surface area contributed by atoms with Crippen LogP contribution in [-0.2, 0) is 0 Å². The maximum atomic E-state index is 5.76. The molecule has 0 aromatic carbocycles. The van der Waals surface area contributed by atoms with E-state index in [2.05, 4.69) is 35.6 Å². The lowest BCUT2D eigenvalue weighted by Gasteiger charge is -2.42. The molecule has 0 aromatic rings. The van der Waals surface area contributed by atoms with Crippen LogP contribution in [0, 0.1) is 0 Å². The highest BCUT2D eigenvalue weighted by Crippen LogP contribution is 2.15. The molecule has 4 heteroatoms. The monoisotopic (exact) mass is 198 g/mol. The molecular formula is C10H22N4. The van der Waals surface area contributed by atoms with Crippen molar-refractivity contribution in [1.29, 1.82) is 0 Å². The van der Waals surface area contributed by atoms with E-state index >= 15 is 0 Å². The summed E-state index contributed by atoms with van der Waals surface area (Å²) >= 11 is 0. The van der Waals surface area contributed by atoms with Gasteiger partial charge in [-0.1, -0.05) is 0 Å². The summed E-state index contributed by atoms with van der Waals surface area (Å²) in [6, 6.07) is 0. The van der Waals surface area contributed by atoms with E-state index in [0.717, 1.165) is 26.2 Å². The van der Waals surface area contributed by atoms with Gasteiger partial charge in [0.1, 0.15) is 0 Å². The minimum atomic E-state index is 0.268. The van der Waals surface area contributed by atoms with E-state index in [4.69, 9.17) is 5.73 Å². The molecule has 1 saturated heterocycles. The van der Waals surface area contributed by atoms with Gasteiger partial charge < -0.3 is 10.6 Å². The van der Waals surface area contributed by atoms with Gasteiger partial charge in [-0.25, -0.2) is 0 Å². The normalized spacial score (nSPS) is 21.4. The van der Waals surface area contributed by atoms with Crippen LogP contribution in [0.15, 0.2) is 4.99 Å². The van der Waals surface area contributed by atoms with Crippen molar-refractivity contribution in [2.45, 2.75) is 26.3 Å². The number of nitrogens with zero attached hydrogens (tertiary/aromatic N) is 3. The standard InChI is InChI=1S/C10H22N4/c1-10(2,3)14-7-5-13(6-8-14)9(11)12-4/h5-8H2,1-4H3,(H2,11,12). The Bertz CT molecular complexity index is 209. The quantitative estimate of drug-likeness (QED) is 0.451. The van der Waals surface area contributed by atoms with Crippen LogP contribution in [0.4, 0.5) is 0 Å². The van der Waals surface area contributed by atoms with E-state index in [0.29, 0.717) is 5.96 Å². The van der Waals surface area contributed by atoms with Gasteiger partial charge in [-0.15, -0.1) is 0 Å². The Labute approximate surface area is 86.8 Å². The fourth-order valence-electron chi connectivity index (χ4n) is 1.75. The Morgan fingerprint density at radius 2 is 1.64 bits per heavy atom. The van der Waals surface area contributed by atoms with E-state index < -0.39 is 0 Å². The fourth-order valence-corrected chi connectivity index (χ4v) is 1.75. The van der Waals surface area contributed by atoms with E-state index in [1.165, 1.54) is 0 Å². The molecule has 0 saturated carbocycles. The molecule has 4 nitrogen and oxygen atoms in total. The Morgan fingerprint density at radius 3 is 2.00 bits per heavy atom. The number of piperazine rings is 1. The fraction of sp³-hybridized carbons (Fsp3) is 0.900. The maximum Gasteiger partial charge on any atom is 0.191 e. The lowest BCUT2D eigenvalue weighted by molar-refractivity contribution is 0.0878. The number of hydrogen-bond acceptors (Lipinski definition) is 2. The van der Waals surface area contributed by atoms with Gasteiger partial charge in [-0.2, -0.15) is 0 Å². The molecule has 2 N–H and O–H groups in total. The van der Waals surface area contributed by atoms with Crippen LogP contribution in [-0.4, -0.2) is 54.5 Å². The summed E-state index contributed by atoms with van der Waals surface area (Å²) < 4.78 is 0. The average Bonchev–Trinajstić information content (AvgIpc) is 2.15. The van der Waals surface area contributed by atoms with Crippen LogP contribution in [0.25, 0.3) is 0 Å². The Balaban J connectivity index is 2.47. The first-order chi connectivity index (χ1) is 6.45. The summed E-state index contributed by atoms with van der Waals surface area (Å²) in [5.41, 5.74) is 6.03. The topological polar surface area (TPSA) is 44.9 Å². The zero-order valence-electron chi connectivity index (χ0n) is 9.75. The highest BCUT2D eigenvalue weighted by molar-refractivity contribution is 5.78. The predicted octanol–water partition coefficient (Wildman–Crippen LogP) is 0.347. The van der Waals surface area contributed by atoms with Crippen molar-refractivity contribution < 1.29 is 0 Å². The average molecular weight is 198 g/mol. The van der Waals surface area contributed by atoms with Crippen LogP contribution < -0.4 is 5.73 Å². The van der Waals surface area contributed by atoms with Gasteiger partial charge in [0, 0.05) is 38.8 Å². The van der Waals surface area contributed by atoms with Crippen LogP contribution >= 0.6 is 0 Å². The second-order valence-corrected chi connectivity index (χ2v) is 4.73. The SMILES string of the molecule is CN=C(N)N1CCN(C(C)(C)C)CC1. The molecule has 1 heterocycles. The first kappa shape index (κ1) is 11.3. The van der Waals surface area contributed by atoms with Crippen molar-refractivity contribution in [1.82, 2.24) is 9.80 Å². The number of nitrogens with two attached hydrogens (primary N) is 1. The molecule has 0 radical (unpaired) electrons. The molecule has 14 heavy (non-hydrogen) atoms. The van der Waals surface area contributed by atoms with Gasteiger partial charge in [0.15, 0.2) is 5.96 Å². The van der Waals surface area contributed by atoms with E-state index in [9.17, 15) is 0 Å². The van der Waals surface area contributed by atoms with E-state index in [1.54, 1.807) is 7.05 Å². The summed E-state index contributed by atoms with van der Waals surface area (Å²) in [5.74, 6) is 0.665. The molecule has 1 aliphatic rings. The third-order valence-corrected chi connectivity index (χ3v) is 2.78. The molecule has 0 bridgehead atoms. The number of rotatable bonds is 0. The van der Waals surface area contributed by atoms with Crippen LogP contribution in [0.5, 0.6) is 0 Å². The first-order valence-electron chi connectivity index (χ1n) is 5.17. The van der Waals surface area contributed by atoms with Gasteiger partial charge in [-0.05, 0) is 20.8 Å². The zero-order valence-corrected chi connectivity index (χ0v) is 9.75. The van der Waals surface area contributed by atoms with Gasteiger partial charge in [0.05, 0.1) is 0 Å². The summed E-state index contributed by atoms with van der Waals surface area (Å²) in [7, 11) is 1.74. The van der Waals surface area contributed by atoms with Gasteiger partial charge in [0.25, 0.3) is 0 Å². The van der Waals surface area contributed by atoms with Crippen molar-refractivity contribution in [2.75, 3.05) is 33.2 Å². The van der Waals surface area contributed by atoms with Gasteiger partial charge in [0.2, 0.25) is 0 Å². The molecule has 0 atom stereocenters. The number of guanidine groups is 1. The molecular weight excluding hydrogens is 176 g/mol. The van der Waals surface area contributed by atoms with Crippen molar-refractivity contribution in [3.63, 3.8) is 0 Å². The van der Waals surface area contributed by atoms with Crippen molar-refractivity contribution in [3.05, 3.63) is 0 Å². The van der Waals surface area contributed by atoms with E-state index in [1.807, 2.05) is 0 Å². The van der Waals surface area contributed by atoms with E-state index in [-0.39, 0.29) is 5.54 Å². The van der Waals surface area contributed by atoms with Crippen LogP contribution in [0.2, 0.25) is 0 Å². The number of aliphatic imine (C=N–C) groups is 1. The molecule has 0 unspecified atom stereocenters. The van der Waals surface area contributed by atoms with Gasteiger partial charge in [-0.3, -0.25) is 9.89 Å². The summed E-state index contributed by atoms with van der Waals surface area (Å²) in [6.07, 6.45) is 0. The Morgan fingerprint density at radius 1 is 1.14 bits per heavy atom. The third kappa shape index (κ3) is 2.61. The molecule has 1 rings (SSSR count). The second-order valence-electron chi connectivity index (χ2n) is 4.73. The Kier molecular flexibility index (Phi) is 3.37. The summed E-state index contributed by atoms with van der Waals surface area (Å²) in [4.78, 5) is 8.62. The highest BCUT2D eigenvalue weighted by Gasteiger charge is 2.26. The molecule has 0 aromatic heterocycles. The van der Waals surface area contributed by atoms with Crippen molar-refractivity contribution >= 4 is 5.96 Å². The summed E-state index contributed by atoms with van der Waals surface area (Å²) in [6.45, 7) is 10.9.